The quantitative estimate of drug-likeness (QED) is 0.743. The average molecular weight is 208 g/mol. The molecule has 0 bridgehead atoms. The number of hydrogen-bond acceptors (Lipinski definition) is 4. The van der Waals surface area contributed by atoms with Crippen molar-refractivity contribution < 1.29 is 4.79 Å². The number of pyridine rings is 1. The van der Waals surface area contributed by atoms with Gasteiger partial charge in [0.05, 0.1) is 17.6 Å². The monoisotopic (exact) mass is 208 g/mol. The summed E-state index contributed by atoms with van der Waals surface area (Å²) < 4.78 is 0. The molecule has 1 aromatic rings. The molecule has 0 spiro atoms. The molecule has 5 nitrogen and oxygen atoms in total. The molecule has 0 radical (unpaired) electrons. The molecule has 0 atom stereocenters. The molecule has 0 fully saturated rings. The summed E-state index contributed by atoms with van der Waals surface area (Å²) in [6, 6.07) is 1.83. The number of nitrogens with one attached hydrogen (secondary N) is 1. The first-order valence-corrected chi connectivity index (χ1v) is 4.75. The van der Waals surface area contributed by atoms with Crippen molar-refractivity contribution >= 4 is 17.3 Å². The molecule has 0 aliphatic carbocycles. The van der Waals surface area contributed by atoms with Crippen LogP contribution in [-0.2, 0) is 4.79 Å². The van der Waals surface area contributed by atoms with Gasteiger partial charge in [0.2, 0.25) is 5.91 Å². The highest BCUT2D eigenvalue weighted by Gasteiger charge is 2.04. The highest BCUT2D eigenvalue weighted by Crippen LogP contribution is 2.13. The van der Waals surface area contributed by atoms with Gasteiger partial charge in [0.25, 0.3) is 0 Å². The van der Waals surface area contributed by atoms with Gasteiger partial charge in [-0.3, -0.25) is 9.78 Å². The van der Waals surface area contributed by atoms with Crippen molar-refractivity contribution in [1.82, 2.24) is 10.3 Å². The fraction of sp³-hybridized carbons (Fsp3) is 0.400. The van der Waals surface area contributed by atoms with E-state index in [0.717, 1.165) is 5.69 Å². The van der Waals surface area contributed by atoms with Crippen LogP contribution >= 0.6 is 0 Å². The molecule has 5 heteroatoms. The van der Waals surface area contributed by atoms with Crippen molar-refractivity contribution in [3.63, 3.8) is 0 Å². The second-order valence-electron chi connectivity index (χ2n) is 3.32. The molecule has 1 aromatic heterocycles. The molecular weight excluding hydrogens is 192 g/mol. The zero-order chi connectivity index (χ0) is 11.3. The van der Waals surface area contributed by atoms with Crippen LogP contribution in [0.2, 0.25) is 0 Å². The number of rotatable bonds is 4. The van der Waals surface area contributed by atoms with Crippen LogP contribution in [0.1, 0.15) is 6.42 Å². The average Bonchev–Trinajstić information content (AvgIpc) is 2.25. The first-order valence-electron chi connectivity index (χ1n) is 4.75. The molecule has 1 heterocycles. The Hall–Kier alpha value is -1.78. The maximum absolute atomic E-state index is 11.0. The van der Waals surface area contributed by atoms with Crippen LogP contribution < -0.4 is 16.0 Å². The van der Waals surface area contributed by atoms with Crippen molar-refractivity contribution in [2.45, 2.75) is 6.42 Å². The minimum absolute atomic E-state index is 0.0266. The summed E-state index contributed by atoms with van der Waals surface area (Å²) in [6.45, 7) is 0.644. The first kappa shape index (κ1) is 11.3. The molecule has 1 amide bonds. The van der Waals surface area contributed by atoms with Gasteiger partial charge < -0.3 is 16.0 Å². The van der Waals surface area contributed by atoms with Crippen molar-refractivity contribution in [2.24, 2.45) is 0 Å². The lowest BCUT2D eigenvalue weighted by Crippen LogP contribution is -2.26. The fourth-order valence-corrected chi connectivity index (χ4v) is 1.18. The predicted octanol–water partition coefficient (Wildman–Crippen LogP) is 0.236. The van der Waals surface area contributed by atoms with Gasteiger partial charge in [-0.1, -0.05) is 0 Å². The Labute approximate surface area is 89.3 Å². The van der Waals surface area contributed by atoms with E-state index in [4.69, 9.17) is 5.73 Å². The van der Waals surface area contributed by atoms with Gasteiger partial charge in [-0.25, -0.2) is 0 Å². The molecule has 0 aliphatic heterocycles. The molecule has 0 saturated heterocycles. The van der Waals surface area contributed by atoms with Crippen molar-refractivity contribution in [3.8, 4) is 0 Å². The summed E-state index contributed by atoms with van der Waals surface area (Å²) >= 11 is 0. The number of aromatic nitrogens is 1. The van der Waals surface area contributed by atoms with Crippen LogP contribution in [0.25, 0.3) is 0 Å². The molecule has 0 unspecified atom stereocenters. The highest BCUT2D eigenvalue weighted by atomic mass is 16.1. The normalized spacial score (nSPS) is 9.73. The number of nitrogens with zero attached hydrogens (tertiary/aromatic N) is 2. The van der Waals surface area contributed by atoms with Crippen LogP contribution in [-0.4, -0.2) is 31.5 Å². The van der Waals surface area contributed by atoms with Gasteiger partial charge in [0.15, 0.2) is 0 Å². The second kappa shape index (κ2) is 5.19. The van der Waals surface area contributed by atoms with Crippen molar-refractivity contribution in [1.29, 1.82) is 0 Å². The number of anilines is 2. The summed E-state index contributed by atoms with van der Waals surface area (Å²) in [5.74, 6) is 0.0266. The van der Waals surface area contributed by atoms with Gasteiger partial charge in [-0.2, -0.15) is 0 Å². The number of amides is 1. The number of carbonyl (C=O) groups excluding carboxylic acids is 1. The number of nitrogens with two attached hydrogens (primary N) is 1. The standard InChI is InChI=1S/C10H16N4O/c1-12-10(15)3-4-14(2)9-5-8(11)6-13-7-9/h5-7H,3-4,11H2,1-2H3,(H,12,15). The van der Waals surface area contributed by atoms with Crippen LogP contribution in [0, 0.1) is 0 Å². The van der Waals surface area contributed by atoms with Crippen LogP contribution in [0.3, 0.4) is 0 Å². The smallest absolute Gasteiger partial charge is 0.221 e. The lowest BCUT2D eigenvalue weighted by Gasteiger charge is -2.18. The third-order valence-electron chi connectivity index (χ3n) is 2.14. The third-order valence-corrected chi connectivity index (χ3v) is 2.14. The Morgan fingerprint density at radius 2 is 2.33 bits per heavy atom. The summed E-state index contributed by atoms with van der Waals surface area (Å²) in [5.41, 5.74) is 7.15. The maximum atomic E-state index is 11.0. The Kier molecular flexibility index (Phi) is 3.91. The zero-order valence-corrected chi connectivity index (χ0v) is 9.03. The lowest BCUT2D eigenvalue weighted by atomic mass is 10.3. The Morgan fingerprint density at radius 1 is 1.60 bits per heavy atom. The number of carbonyl (C=O) groups is 1. The second-order valence-corrected chi connectivity index (χ2v) is 3.32. The van der Waals surface area contributed by atoms with Gasteiger partial charge >= 0.3 is 0 Å². The van der Waals surface area contributed by atoms with E-state index in [1.165, 1.54) is 0 Å². The summed E-state index contributed by atoms with van der Waals surface area (Å²) in [4.78, 5) is 17.0. The number of nitrogen functional groups attached to an aromatic ring is 1. The van der Waals surface area contributed by atoms with E-state index in [9.17, 15) is 4.79 Å². The van der Waals surface area contributed by atoms with E-state index < -0.39 is 0 Å². The van der Waals surface area contributed by atoms with E-state index in [0.29, 0.717) is 18.7 Å². The van der Waals surface area contributed by atoms with Gasteiger partial charge in [0, 0.05) is 33.3 Å². The van der Waals surface area contributed by atoms with Crippen LogP contribution in [0.4, 0.5) is 11.4 Å². The fourth-order valence-electron chi connectivity index (χ4n) is 1.18. The maximum Gasteiger partial charge on any atom is 0.221 e. The predicted molar refractivity (Wildman–Crippen MR) is 60.6 cm³/mol. The lowest BCUT2D eigenvalue weighted by molar-refractivity contribution is -0.120. The molecule has 15 heavy (non-hydrogen) atoms. The van der Waals surface area contributed by atoms with E-state index in [-0.39, 0.29) is 5.91 Å². The molecule has 0 aromatic carbocycles. The zero-order valence-electron chi connectivity index (χ0n) is 9.03. The van der Waals surface area contributed by atoms with Crippen molar-refractivity contribution in [2.75, 3.05) is 31.3 Å². The minimum atomic E-state index is 0.0266. The Balaban J connectivity index is 2.53. The summed E-state index contributed by atoms with van der Waals surface area (Å²) in [7, 11) is 3.53. The van der Waals surface area contributed by atoms with E-state index in [1.807, 2.05) is 18.0 Å². The highest BCUT2D eigenvalue weighted by molar-refractivity contribution is 5.76. The van der Waals surface area contributed by atoms with Crippen LogP contribution in [0.5, 0.6) is 0 Å². The van der Waals surface area contributed by atoms with E-state index in [1.54, 1.807) is 19.4 Å². The largest absolute Gasteiger partial charge is 0.397 e. The summed E-state index contributed by atoms with van der Waals surface area (Å²) in [5, 5.41) is 2.58. The molecule has 0 saturated carbocycles. The Bertz CT molecular complexity index is 340. The molecule has 82 valence electrons. The van der Waals surface area contributed by atoms with E-state index in [2.05, 4.69) is 10.3 Å². The minimum Gasteiger partial charge on any atom is -0.397 e. The van der Waals surface area contributed by atoms with E-state index >= 15 is 0 Å². The first-order chi connectivity index (χ1) is 7.13. The molecule has 1 rings (SSSR count). The van der Waals surface area contributed by atoms with Gasteiger partial charge in [0.1, 0.15) is 0 Å². The van der Waals surface area contributed by atoms with Crippen molar-refractivity contribution in [3.05, 3.63) is 18.5 Å². The SMILES string of the molecule is CNC(=O)CCN(C)c1cncc(N)c1. The van der Waals surface area contributed by atoms with Gasteiger partial charge in [-0.05, 0) is 6.07 Å². The number of hydrogen-bond donors (Lipinski definition) is 2. The molecule has 3 N–H and O–H groups in total. The van der Waals surface area contributed by atoms with Crippen LogP contribution in [0.15, 0.2) is 18.5 Å². The molecule has 0 aliphatic rings. The van der Waals surface area contributed by atoms with Gasteiger partial charge in [-0.15, -0.1) is 0 Å². The summed E-state index contributed by atoms with van der Waals surface area (Å²) in [6.07, 6.45) is 3.78. The molecular formula is C10H16N4O. The Morgan fingerprint density at radius 3 is 2.93 bits per heavy atom. The third kappa shape index (κ3) is 3.46. The topological polar surface area (TPSA) is 71.2 Å².